The Morgan fingerprint density at radius 2 is 2.17 bits per heavy atom. The van der Waals surface area contributed by atoms with Crippen LogP contribution >= 0.6 is 0 Å². The number of carbonyl (C=O) groups is 2. The van der Waals surface area contributed by atoms with Gasteiger partial charge in [-0.1, -0.05) is 6.07 Å². The molecule has 1 fully saturated rings. The minimum Gasteiger partial charge on any atom is -0.494 e. The van der Waals surface area contributed by atoms with E-state index in [1.165, 1.54) is 13.2 Å². The highest BCUT2D eigenvalue weighted by Gasteiger charge is 2.23. The highest BCUT2D eigenvalue weighted by Crippen LogP contribution is 2.22. The van der Waals surface area contributed by atoms with Crippen LogP contribution in [-0.4, -0.2) is 42.1 Å². The molecule has 6 heteroatoms. The third-order valence-electron chi connectivity index (χ3n) is 4.48. The number of benzene rings is 1. The lowest BCUT2D eigenvalue weighted by atomic mass is 9.93. The third kappa shape index (κ3) is 5.22. The predicted octanol–water partition coefficient (Wildman–Crippen LogP) is 2.87. The first-order valence-corrected chi connectivity index (χ1v) is 8.31. The van der Waals surface area contributed by atoms with Crippen LogP contribution in [0.2, 0.25) is 0 Å². The molecular formula is C18H24FNO4. The molecule has 5 nitrogen and oxygen atoms in total. The van der Waals surface area contributed by atoms with Crippen molar-refractivity contribution in [3.8, 4) is 5.75 Å². The van der Waals surface area contributed by atoms with Gasteiger partial charge >= 0.3 is 5.97 Å². The van der Waals surface area contributed by atoms with Crippen LogP contribution in [0.3, 0.4) is 0 Å². The van der Waals surface area contributed by atoms with Gasteiger partial charge in [-0.05, 0) is 49.3 Å². The Kier molecular flexibility index (Phi) is 6.58. The second-order valence-corrected chi connectivity index (χ2v) is 6.25. The molecular weight excluding hydrogens is 313 g/mol. The van der Waals surface area contributed by atoms with Crippen LogP contribution in [0, 0.1) is 11.7 Å². The van der Waals surface area contributed by atoms with Gasteiger partial charge in [-0.25, -0.2) is 4.39 Å². The number of methoxy groups -OCH3 is 1. The fourth-order valence-electron chi connectivity index (χ4n) is 3.13. The number of carboxylic acids is 1. The summed E-state index contributed by atoms with van der Waals surface area (Å²) in [7, 11) is 1.42. The zero-order chi connectivity index (χ0) is 17.5. The van der Waals surface area contributed by atoms with Crippen molar-refractivity contribution in [3.63, 3.8) is 0 Å². The van der Waals surface area contributed by atoms with Crippen molar-refractivity contribution in [2.24, 2.45) is 5.92 Å². The molecule has 132 valence electrons. The van der Waals surface area contributed by atoms with Gasteiger partial charge in [0.1, 0.15) is 0 Å². The largest absolute Gasteiger partial charge is 0.494 e. The van der Waals surface area contributed by atoms with E-state index < -0.39 is 11.8 Å². The normalized spacial score (nSPS) is 17.6. The number of nitrogens with zero attached hydrogens (tertiary/aromatic N) is 1. The molecule has 1 aliphatic rings. The minimum atomic E-state index is -0.792. The lowest BCUT2D eigenvalue weighted by Crippen LogP contribution is -2.40. The maximum atomic E-state index is 13.7. The average Bonchev–Trinajstić information content (AvgIpc) is 2.58. The van der Waals surface area contributed by atoms with Crippen molar-refractivity contribution in [1.29, 1.82) is 0 Å². The first kappa shape index (κ1) is 18.2. The summed E-state index contributed by atoms with van der Waals surface area (Å²) in [5.74, 6) is -0.708. The number of aliphatic carboxylic acids is 1. The number of amides is 1. The summed E-state index contributed by atoms with van der Waals surface area (Å²) < 4.78 is 18.5. The molecule has 1 N–H and O–H groups in total. The highest BCUT2D eigenvalue weighted by molar-refractivity contribution is 5.76. The van der Waals surface area contributed by atoms with Gasteiger partial charge < -0.3 is 14.7 Å². The van der Waals surface area contributed by atoms with Gasteiger partial charge in [0.2, 0.25) is 5.91 Å². The van der Waals surface area contributed by atoms with E-state index in [0.717, 1.165) is 24.9 Å². The van der Waals surface area contributed by atoms with Crippen molar-refractivity contribution in [2.75, 3.05) is 20.2 Å². The van der Waals surface area contributed by atoms with Gasteiger partial charge in [-0.2, -0.15) is 0 Å². The van der Waals surface area contributed by atoms with Crippen LogP contribution in [0.15, 0.2) is 18.2 Å². The number of halogens is 1. The van der Waals surface area contributed by atoms with E-state index in [1.807, 2.05) is 4.90 Å². The molecule has 1 amide bonds. The molecule has 0 bridgehead atoms. The van der Waals surface area contributed by atoms with E-state index in [2.05, 4.69) is 0 Å². The molecule has 0 saturated carbocycles. The molecule has 1 aliphatic heterocycles. The molecule has 24 heavy (non-hydrogen) atoms. The number of hydrogen-bond acceptors (Lipinski definition) is 3. The lowest BCUT2D eigenvalue weighted by molar-refractivity contribution is -0.137. The number of aryl methyl sites for hydroxylation is 1. The van der Waals surface area contributed by atoms with Crippen molar-refractivity contribution < 1.29 is 23.8 Å². The Morgan fingerprint density at radius 3 is 2.83 bits per heavy atom. The van der Waals surface area contributed by atoms with Crippen molar-refractivity contribution in [2.45, 2.75) is 38.5 Å². The molecule has 2 rings (SSSR count). The van der Waals surface area contributed by atoms with Crippen LogP contribution in [-0.2, 0) is 16.0 Å². The van der Waals surface area contributed by atoms with Gasteiger partial charge in [0.15, 0.2) is 11.6 Å². The first-order chi connectivity index (χ1) is 11.5. The summed E-state index contributed by atoms with van der Waals surface area (Å²) >= 11 is 0. The first-order valence-electron chi connectivity index (χ1n) is 8.31. The number of carbonyl (C=O) groups excluding carboxylic acids is 1. The summed E-state index contributed by atoms with van der Waals surface area (Å²) in [6.07, 6.45) is 3.46. The van der Waals surface area contributed by atoms with Gasteiger partial charge in [0.05, 0.1) is 7.11 Å². The van der Waals surface area contributed by atoms with Crippen molar-refractivity contribution in [1.82, 2.24) is 4.90 Å². The summed E-state index contributed by atoms with van der Waals surface area (Å²) in [5, 5.41) is 8.77. The molecule has 0 spiro atoms. The van der Waals surface area contributed by atoms with E-state index in [0.29, 0.717) is 25.8 Å². The second-order valence-electron chi connectivity index (χ2n) is 6.25. The fraction of sp³-hybridized carbons (Fsp3) is 0.556. The average molecular weight is 337 g/mol. The molecule has 0 aromatic heterocycles. The summed E-state index contributed by atoms with van der Waals surface area (Å²) in [5.41, 5.74) is 0.765. The molecule has 0 aliphatic carbocycles. The maximum Gasteiger partial charge on any atom is 0.303 e. The molecule has 1 aromatic rings. The Bertz CT molecular complexity index is 590. The summed E-state index contributed by atoms with van der Waals surface area (Å²) in [6, 6.07) is 4.73. The molecule has 1 aromatic carbocycles. The van der Waals surface area contributed by atoms with Crippen LogP contribution < -0.4 is 4.74 Å². The Labute approximate surface area is 141 Å². The number of carboxylic acid groups (broad SMARTS) is 1. The van der Waals surface area contributed by atoms with E-state index in [1.54, 1.807) is 12.1 Å². The maximum absolute atomic E-state index is 13.7. The fourth-order valence-corrected chi connectivity index (χ4v) is 3.13. The quantitative estimate of drug-likeness (QED) is 0.831. The van der Waals surface area contributed by atoms with Crippen molar-refractivity contribution in [3.05, 3.63) is 29.6 Å². The SMILES string of the molecule is COc1ccc(CCC(=O)N2CCCC(CCC(=O)O)C2)cc1F. The Morgan fingerprint density at radius 1 is 1.38 bits per heavy atom. The van der Waals surface area contributed by atoms with E-state index in [-0.39, 0.29) is 24.0 Å². The van der Waals surface area contributed by atoms with Gasteiger partial charge in [0.25, 0.3) is 0 Å². The predicted molar refractivity (Wildman–Crippen MR) is 87.4 cm³/mol. The monoisotopic (exact) mass is 337 g/mol. The second kappa shape index (κ2) is 8.66. The molecule has 1 atom stereocenters. The molecule has 1 heterocycles. The standard InChI is InChI=1S/C18H24FNO4/c1-24-16-7-4-13(11-15(16)19)5-8-17(21)20-10-2-3-14(12-20)6-9-18(22)23/h4,7,11,14H,2-3,5-6,8-10,12H2,1H3,(H,22,23). The number of rotatable bonds is 7. The van der Waals surface area contributed by atoms with Gasteiger partial charge in [-0.15, -0.1) is 0 Å². The van der Waals surface area contributed by atoms with Gasteiger partial charge in [-0.3, -0.25) is 9.59 Å². The van der Waals surface area contributed by atoms with Gasteiger partial charge in [0, 0.05) is 25.9 Å². The molecule has 1 saturated heterocycles. The Balaban J connectivity index is 1.83. The van der Waals surface area contributed by atoms with Crippen LogP contribution in [0.25, 0.3) is 0 Å². The number of hydrogen-bond donors (Lipinski definition) is 1. The molecule has 0 radical (unpaired) electrons. The topological polar surface area (TPSA) is 66.8 Å². The summed E-state index contributed by atoms with van der Waals surface area (Å²) in [4.78, 5) is 24.8. The van der Waals surface area contributed by atoms with Crippen LogP contribution in [0.4, 0.5) is 4.39 Å². The highest BCUT2D eigenvalue weighted by atomic mass is 19.1. The van der Waals surface area contributed by atoms with E-state index in [4.69, 9.17) is 9.84 Å². The molecule has 1 unspecified atom stereocenters. The lowest BCUT2D eigenvalue weighted by Gasteiger charge is -2.32. The summed E-state index contributed by atoms with van der Waals surface area (Å²) in [6.45, 7) is 1.35. The third-order valence-corrected chi connectivity index (χ3v) is 4.48. The smallest absolute Gasteiger partial charge is 0.303 e. The Hall–Kier alpha value is -2.11. The number of ether oxygens (including phenoxy) is 1. The number of likely N-dealkylation sites (tertiary alicyclic amines) is 1. The van der Waals surface area contributed by atoms with E-state index in [9.17, 15) is 14.0 Å². The number of piperidine rings is 1. The zero-order valence-corrected chi connectivity index (χ0v) is 14.0. The van der Waals surface area contributed by atoms with Crippen LogP contribution in [0.1, 0.15) is 37.7 Å². The van der Waals surface area contributed by atoms with Crippen LogP contribution in [0.5, 0.6) is 5.75 Å². The minimum absolute atomic E-state index is 0.0475. The van der Waals surface area contributed by atoms with Crippen molar-refractivity contribution >= 4 is 11.9 Å². The van der Waals surface area contributed by atoms with E-state index >= 15 is 0 Å². The zero-order valence-electron chi connectivity index (χ0n) is 14.0.